The first-order valence-corrected chi connectivity index (χ1v) is 4.79. The summed E-state index contributed by atoms with van der Waals surface area (Å²) >= 11 is 0. The molecule has 2 amide bonds. The van der Waals surface area contributed by atoms with Crippen LogP contribution in [0.15, 0.2) is 0 Å². The minimum atomic E-state index is -0.207. The number of hydrogen-bond donors (Lipinski definition) is 2. The number of nitrogens with zero attached hydrogens (tertiary/aromatic N) is 1. The van der Waals surface area contributed by atoms with E-state index in [0.29, 0.717) is 18.9 Å². The van der Waals surface area contributed by atoms with Gasteiger partial charge in [-0.1, -0.05) is 6.92 Å². The predicted molar refractivity (Wildman–Crippen MR) is 50.5 cm³/mol. The Morgan fingerprint density at radius 1 is 1.71 bits per heavy atom. The number of aliphatic hydroxyl groups excluding tert-OH is 1. The molecule has 1 heterocycles. The van der Waals surface area contributed by atoms with E-state index >= 15 is 0 Å². The molecule has 0 aromatic carbocycles. The lowest BCUT2D eigenvalue weighted by Crippen LogP contribution is -2.38. The largest absolute Gasteiger partial charge is 0.395 e. The summed E-state index contributed by atoms with van der Waals surface area (Å²) in [5.74, 6) is 0.172. The van der Waals surface area contributed by atoms with Crippen molar-refractivity contribution in [2.24, 2.45) is 5.92 Å². The molecule has 1 unspecified atom stereocenters. The zero-order chi connectivity index (χ0) is 10.6. The third-order valence-corrected chi connectivity index (χ3v) is 2.18. The first-order valence-electron chi connectivity index (χ1n) is 4.79. The first kappa shape index (κ1) is 11.0. The summed E-state index contributed by atoms with van der Waals surface area (Å²) in [6.07, 6.45) is 0.535. The molecule has 1 fully saturated rings. The predicted octanol–water partition coefficient (Wildman–Crippen LogP) is -1.04. The van der Waals surface area contributed by atoms with E-state index in [9.17, 15) is 9.59 Å². The Kier molecular flexibility index (Phi) is 3.88. The summed E-state index contributed by atoms with van der Waals surface area (Å²) in [5.41, 5.74) is 0. The zero-order valence-corrected chi connectivity index (χ0v) is 8.32. The van der Waals surface area contributed by atoms with Crippen molar-refractivity contribution < 1.29 is 14.7 Å². The van der Waals surface area contributed by atoms with E-state index in [4.69, 9.17) is 5.11 Å². The lowest BCUT2D eigenvalue weighted by molar-refractivity contribution is -0.133. The smallest absolute Gasteiger partial charge is 0.239 e. The number of carbonyl (C=O) groups excluding carboxylic acids is 2. The molecule has 80 valence electrons. The summed E-state index contributed by atoms with van der Waals surface area (Å²) in [4.78, 5) is 24.0. The van der Waals surface area contributed by atoms with Crippen LogP contribution in [0, 0.1) is 5.92 Å². The Bertz CT molecular complexity index is 230. The van der Waals surface area contributed by atoms with Crippen molar-refractivity contribution in [2.75, 3.05) is 26.2 Å². The first-order chi connectivity index (χ1) is 6.63. The van der Waals surface area contributed by atoms with Gasteiger partial charge in [0.1, 0.15) is 0 Å². The van der Waals surface area contributed by atoms with Crippen LogP contribution in [0.5, 0.6) is 0 Å². The fraction of sp³-hybridized carbons (Fsp3) is 0.778. The third kappa shape index (κ3) is 2.99. The standard InChI is InChI=1S/C9H16N2O3/c1-7-4-9(14)11(5-7)6-8(13)10-2-3-12/h7,12H,2-6H2,1H3,(H,10,13). The lowest BCUT2D eigenvalue weighted by Gasteiger charge is -2.15. The summed E-state index contributed by atoms with van der Waals surface area (Å²) < 4.78 is 0. The molecule has 0 saturated carbocycles. The van der Waals surface area contributed by atoms with Crippen molar-refractivity contribution in [2.45, 2.75) is 13.3 Å². The lowest BCUT2D eigenvalue weighted by atomic mass is 10.2. The van der Waals surface area contributed by atoms with Gasteiger partial charge in [-0.15, -0.1) is 0 Å². The van der Waals surface area contributed by atoms with Crippen molar-refractivity contribution in [3.63, 3.8) is 0 Å². The Morgan fingerprint density at radius 3 is 2.93 bits per heavy atom. The number of nitrogens with one attached hydrogen (secondary N) is 1. The molecule has 1 saturated heterocycles. The number of amides is 2. The number of carbonyl (C=O) groups is 2. The van der Waals surface area contributed by atoms with Crippen molar-refractivity contribution in [3.05, 3.63) is 0 Å². The van der Waals surface area contributed by atoms with Crippen LogP contribution in [-0.4, -0.2) is 48.1 Å². The number of aliphatic hydroxyl groups is 1. The van der Waals surface area contributed by atoms with Gasteiger partial charge in [0.05, 0.1) is 13.2 Å². The molecule has 14 heavy (non-hydrogen) atoms. The molecule has 1 rings (SSSR count). The Labute approximate surface area is 83.1 Å². The molecule has 1 atom stereocenters. The second kappa shape index (κ2) is 4.95. The molecule has 0 aromatic heterocycles. The highest BCUT2D eigenvalue weighted by atomic mass is 16.3. The second-order valence-electron chi connectivity index (χ2n) is 3.66. The molecule has 0 spiro atoms. The van der Waals surface area contributed by atoms with Gasteiger partial charge in [-0.2, -0.15) is 0 Å². The van der Waals surface area contributed by atoms with Crippen molar-refractivity contribution in [1.82, 2.24) is 10.2 Å². The molecule has 1 aliphatic heterocycles. The van der Waals surface area contributed by atoms with Gasteiger partial charge in [0.15, 0.2) is 0 Å². The van der Waals surface area contributed by atoms with Gasteiger partial charge in [-0.3, -0.25) is 9.59 Å². The summed E-state index contributed by atoms with van der Waals surface area (Å²) in [6.45, 7) is 2.94. The monoisotopic (exact) mass is 200 g/mol. The van der Waals surface area contributed by atoms with Crippen molar-refractivity contribution >= 4 is 11.8 Å². The average molecular weight is 200 g/mol. The van der Waals surface area contributed by atoms with E-state index in [1.807, 2.05) is 6.92 Å². The fourth-order valence-electron chi connectivity index (χ4n) is 1.55. The molecule has 5 heteroatoms. The number of likely N-dealkylation sites (tertiary alicyclic amines) is 1. The van der Waals surface area contributed by atoms with Crippen LogP contribution >= 0.6 is 0 Å². The number of rotatable bonds is 4. The van der Waals surface area contributed by atoms with Gasteiger partial charge in [0, 0.05) is 19.5 Å². The molecule has 0 bridgehead atoms. The van der Waals surface area contributed by atoms with Crippen LogP contribution in [0.3, 0.4) is 0 Å². The maximum atomic E-state index is 11.3. The highest BCUT2D eigenvalue weighted by Crippen LogP contribution is 2.15. The second-order valence-corrected chi connectivity index (χ2v) is 3.66. The van der Waals surface area contributed by atoms with Crippen LogP contribution < -0.4 is 5.32 Å². The number of hydrogen-bond acceptors (Lipinski definition) is 3. The zero-order valence-electron chi connectivity index (χ0n) is 8.32. The van der Waals surface area contributed by atoms with Gasteiger partial charge in [0.25, 0.3) is 0 Å². The molecule has 5 nitrogen and oxygen atoms in total. The van der Waals surface area contributed by atoms with Crippen LogP contribution in [-0.2, 0) is 9.59 Å². The molecular weight excluding hydrogens is 184 g/mol. The van der Waals surface area contributed by atoms with Crippen molar-refractivity contribution in [3.8, 4) is 0 Å². The summed E-state index contributed by atoms with van der Waals surface area (Å²) in [5, 5.41) is 11.0. The molecule has 0 aliphatic carbocycles. The van der Waals surface area contributed by atoms with Crippen molar-refractivity contribution in [1.29, 1.82) is 0 Å². The molecule has 0 radical (unpaired) electrons. The van der Waals surface area contributed by atoms with E-state index in [1.54, 1.807) is 4.90 Å². The van der Waals surface area contributed by atoms with E-state index < -0.39 is 0 Å². The maximum absolute atomic E-state index is 11.3. The van der Waals surface area contributed by atoms with Crippen LogP contribution in [0.4, 0.5) is 0 Å². The highest BCUT2D eigenvalue weighted by molar-refractivity contribution is 5.86. The van der Waals surface area contributed by atoms with Gasteiger partial charge in [-0.05, 0) is 5.92 Å². The Balaban J connectivity index is 2.30. The Morgan fingerprint density at radius 2 is 2.43 bits per heavy atom. The minimum Gasteiger partial charge on any atom is -0.395 e. The topological polar surface area (TPSA) is 69.6 Å². The van der Waals surface area contributed by atoms with Crippen LogP contribution in [0.2, 0.25) is 0 Å². The maximum Gasteiger partial charge on any atom is 0.239 e. The van der Waals surface area contributed by atoms with Gasteiger partial charge in [0.2, 0.25) is 11.8 Å². The molecule has 1 aliphatic rings. The molecule has 0 aromatic rings. The summed E-state index contributed by atoms with van der Waals surface area (Å²) in [6, 6.07) is 0. The average Bonchev–Trinajstić information content (AvgIpc) is 2.42. The van der Waals surface area contributed by atoms with Gasteiger partial charge in [-0.25, -0.2) is 0 Å². The van der Waals surface area contributed by atoms with E-state index in [-0.39, 0.29) is 31.5 Å². The molecular formula is C9H16N2O3. The van der Waals surface area contributed by atoms with E-state index in [1.165, 1.54) is 0 Å². The minimum absolute atomic E-state index is 0.0386. The third-order valence-electron chi connectivity index (χ3n) is 2.18. The SMILES string of the molecule is CC1CC(=O)N(CC(=O)NCCO)C1. The van der Waals surface area contributed by atoms with Crippen LogP contribution in [0.25, 0.3) is 0 Å². The van der Waals surface area contributed by atoms with Gasteiger partial charge >= 0.3 is 0 Å². The quantitative estimate of drug-likeness (QED) is 0.609. The normalized spacial score (nSPS) is 21.4. The van der Waals surface area contributed by atoms with E-state index in [2.05, 4.69) is 5.32 Å². The summed E-state index contributed by atoms with van der Waals surface area (Å²) in [7, 11) is 0. The van der Waals surface area contributed by atoms with Gasteiger partial charge < -0.3 is 15.3 Å². The fourth-order valence-corrected chi connectivity index (χ4v) is 1.55. The highest BCUT2D eigenvalue weighted by Gasteiger charge is 2.27. The van der Waals surface area contributed by atoms with Crippen LogP contribution in [0.1, 0.15) is 13.3 Å². The molecule has 2 N–H and O–H groups in total. The van der Waals surface area contributed by atoms with E-state index in [0.717, 1.165) is 0 Å². The Hall–Kier alpha value is -1.10.